The Morgan fingerprint density at radius 1 is 1.67 bits per heavy atom. The lowest BCUT2D eigenvalue weighted by atomic mass is 10.2. The van der Waals surface area contributed by atoms with Gasteiger partial charge in [-0.05, 0) is 13.3 Å². The number of hydrogen-bond acceptors (Lipinski definition) is 2. The summed E-state index contributed by atoms with van der Waals surface area (Å²) in [6.07, 6.45) is -0.759. The quantitative estimate of drug-likeness (QED) is 0.754. The van der Waals surface area contributed by atoms with Crippen LogP contribution < -0.4 is 0 Å². The van der Waals surface area contributed by atoms with Crippen molar-refractivity contribution in [3.8, 4) is 0 Å². The Morgan fingerprint density at radius 2 is 2.17 bits per heavy atom. The maximum atomic E-state index is 11.6. The number of halogens is 3. The second-order valence-corrected chi connectivity index (χ2v) is 3.35. The maximum Gasteiger partial charge on any atom is 0.345 e. The van der Waals surface area contributed by atoms with E-state index in [1.54, 1.807) is 0 Å². The minimum Gasteiger partial charge on any atom is -0.480 e. The van der Waals surface area contributed by atoms with Crippen LogP contribution in [-0.2, 0) is 9.53 Å². The van der Waals surface area contributed by atoms with Gasteiger partial charge in [0, 0.05) is 0 Å². The zero-order valence-electron chi connectivity index (χ0n) is 6.34. The minimum absolute atomic E-state index is 0.0136. The maximum absolute atomic E-state index is 11.6. The van der Waals surface area contributed by atoms with Gasteiger partial charge >= 0.3 is 12.6 Å². The van der Waals surface area contributed by atoms with Crippen molar-refractivity contribution in [3.63, 3.8) is 0 Å². The summed E-state index contributed by atoms with van der Waals surface area (Å²) >= 11 is 2.81. The van der Waals surface area contributed by atoms with Gasteiger partial charge in [-0.2, -0.15) is 8.78 Å². The van der Waals surface area contributed by atoms with Gasteiger partial charge in [0.05, 0.1) is 6.10 Å². The van der Waals surface area contributed by atoms with Crippen LogP contribution in [0.2, 0.25) is 0 Å². The SMILES string of the molecule is C[C@H](CC(Br)C(=O)O)OC(F)F. The first-order valence-corrected chi connectivity index (χ1v) is 4.15. The van der Waals surface area contributed by atoms with E-state index in [9.17, 15) is 13.6 Å². The summed E-state index contributed by atoms with van der Waals surface area (Å²) in [5.74, 6) is -1.08. The molecule has 0 heterocycles. The first-order valence-electron chi connectivity index (χ1n) is 3.24. The van der Waals surface area contributed by atoms with Gasteiger partial charge in [-0.15, -0.1) is 0 Å². The number of aliphatic carboxylic acids is 1. The molecule has 0 saturated carbocycles. The summed E-state index contributed by atoms with van der Waals surface area (Å²) < 4.78 is 27.1. The van der Waals surface area contributed by atoms with Crippen LogP contribution in [0.3, 0.4) is 0 Å². The Kier molecular flexibility index (Phi) is 5.32. The van der Waals surface area contributed by atoms with Gasteiger partial charge in [-0.25, -0.2) is 0 Å². The standard InChI is InChI=1S/C6H9BrF2O3/c1-3(12-6(8)9)2-4(7)5(10)11/h3-4,6H,2H2,1H3,(H,10,11)/t3-,4?/m1/s1. The molecule has 0 aromatic rings. The highest BCUT2D eigenvalue weighted by Crippen LogP contribution is 2.13. The van der Waals surface area contributed by atoms with Crippen molar-refractivity contribution in [2.24, 2.45) is 0 Å². The summed E-state index contributed by atoms with van der Waals surface area (Å²) in [6, 6.07) is 0. The summed E-state index contributed by atoms with van der Waals surface area (Å²) in [7, 11) is 0. The molecule has 2 atom stereocenters. The molecule has 0 rings (SSSR count). The molecule has 0 radical (unpaired) electrons. The van der Waals surface area contributed by atoms with E-state index in [2.05, 4.69) is 20.7 Å². The molecule has 0 saturated heterocycles. The van der Waals surface area contributed by atoms with Crippen LogP contribution >= 0.6 is 15.9 Å². The van der Waals surface area contributed by atoms with Crippen molar-refractivity contribution in [2.75, 3.05) is 0 Å². The smallest absolute Gasteiger partial charge is 0.345 e. The van der Waals surface area contributed by atoms with E-state index in [0.29, 0.717) is 0 Å². The van der Waals surface area contributed by atoms with Crippen LogP contribution in [0.4, 0.5) is 8.78 Å². The van der Waals surface area contributed by atoms with Crippen LogP contribution in [0.5, 0.6) is 0 Å². The predicted molar refractivity (Wildman–Crippen MR) is 41.5 cm³/mol. The molecule has 0 spiro atoms. The number of carbonyl (C=O) groups is 1. The molecule has 0 aromatic carbocycles. The highest BCUT2D eigenvalue weighted by molar-refractivity contribution is 9.10. The largest absolute Gasteiger partial charge is 0.480 e. The van der Waals surface area contributed by atoms with Crippen LogP contribution in [0.15, 0.2) is 0 Å². The number of alkyl halides is 3. The lowest BCUT2D eigenvalue weighted by Gasteiger charge is -2.13. The fraction of sp³-hybridized carbons (Fsp3) is 0.833. The average Bonchev–Trinajstić information content (AvgIpc) is 1.84. The Bertz CT molecular complexity index is 154. The Balaban J connectivity index is 3.68. The van der Waals surface area contributed by atoms with E-state index in [4.69, 9.17) is 5.11 Å². The molecule has 0 bridgehead atoms. The van der Waals surface area contributed by atoms with Crippen molar-refractivity contribution >= 4 is 21.9 Å². The van der Waals surface area contributed by atoms with Gasteiger partial charge in [-0.3, -0.25) is 4.79 Å². The zero-order chi connectivity index (χ0) is 9.72. The van der Waals surface area contributed by atoms with Crippen LogP contribution in [-0.4, -0.2) is 28.6 Å². The molecule has 72 valence electrons. The van der Waals surface area contributed by atoms with Gasteiger partial charge in [0.15, 0.2) is 0 Å². The van der Waals surface area contributed by atoms with Crippen molar-refractivity contribution in [3.05, 3.63) is 0 Å². The van der Waals surface area contributed by atoms with Crippen LogP contribution in [0.25, 0.3) is 0 Å². The number of rotatable bonds is 5. The van der Waals surface area contributed by atoms with Gasteiger partial charge in [-0.1, -0.05) is 15.9 Å². The van der Waals surface area contributed by atoms with Gasteiger partial charge in [0.25, 0.3) is 0 Å². The van der Waals surface area contributed by atoms with E-state index in [1.165, 1.54) is 6.92 Å². The third-order valence-corrected chi connectivity index (χ3v) is 1.91. The van der Waals surface area contributed by atoms with Crippen LogP contribution in [0, 0.1) is 0 Å². The van der Waals surface area contributed by atoms with E-state index < -0.39 is 23.5 Å². The van der Waals surface area contributed by atoms with Crippen molar-refractivity contribution in [1.29, 1.82) is 0 Å². The molecule has 0 aliphatic rings. The first kappa shape index (κ1) is 11.8. The molecular formula is C6H9BrF2O3. The second-order valence-electron chi connectivity index (χ2n) is 2.25. The number of hydrogen-bond donors (Lipinski definition) is 1. The summed E-state index contributed by atoms with van der Waals surface area (Å²) in [5, 5.41) is 8.38. The molecular weight excluding hydrogens is 238 g/mol. The fourth-order valence-electron chi connectivity index (χ4n) is 0.623. The summed E-state index contributed by atoms with van der Waals surface area (Å²) in [5.41, 5.74) is 0. The fourth-order valence-corrected chi connectivity index (χ4v) is 1.15. The van der Waals surface area contributed by atoms with Crippen LogP contribution in [0.1, 0.15) is 13.3 Å². The monoisotopic (exact) mass is 246 g/mol. The first-order chi connectivity index (χ1) is 5.43. The molecule has 0 aromatic heterocycles. The third-order valence-electron chi connectivity index (χ3n) is 1.14. The second kappa shape index (κ2) is 5.42. The lowest BCUT2D eigenvalue weighted by Crippen LogP contribution is -2.22. The van der Waals surface area contributed by atoms with Crippen molar-refractivity contribution in [1.82, 2.24) is 0 Å². The predicted octanol–water partition coefficient (Wildman–Crippen LogP) is 1.85. The number of carboxylic acid groups (broad SMARTS) is 1. The summed E-state index contributed by atoms with van der Waals surface area (Å²) in [4.78, 5) is 9.39. The number of carboxylic acids is 1. The van der Waals surface area contributed by atoms with E-state index in [-0.39, 0.29) is 6.42 Å². The van der Waals surface area contributed by atoms with Gasteiger partial charge in [0.2, 0.25) is 0 Å². The van der Waals surface area contributed by atoms with E-state index in [0.717, 1.165) is 0 Å². The molecule has 0 aliphatic heterocycles. The molecule has 12 heavy (non-hydrogen) atoms. The molecule has 1 N–H and O–H groups in total. The molecule has 6 heteroatoms. The normalized spacial score (nSPS) is 16.1. The highest BCUT2D eigenvalue weighted by atomic mass is 79.9. The van der Waals surface area contributed by atoms with E-state index in [1.807, 2.05) is 0 Å². The molecule has 0 fully saturated rings. The average molecular weight is 247 g/mol. The van der Waals surface area contributed by atoms with E-state index >= 15 is 0 Å². The zero-order valence-corrected chi connectivity index (χ0v) is 7.92. The topological polar surface area (TPSA) is 46.5 Å². The molecule has 0 amide bonds. The minimum atomic E-state index is -2.85. The summed E-state index contributed by atoms with van der Waals surface area (Å²) in [6.45, 7) is -1.46. The van der Waals surface area contributed by atoms with Crippen molar-refractivity contribution in [2.45, 2.75) is 30.9 Å². The van der Waals surface area contributed by atoms with Gasteiger partial charge < -0.3 is 9.84 Å². The Morgan fingerprint density at radius 3 is 2.50 bits per heavy atom. The number of ether oxygens (including phenoxy) is 1. The Hall–Kier alpha value is -0.230. The molecule has 1 unspecified atom stereocenters. The van der Waals surface area contributed by atoms with Gasteiger partial charge in [0.1, 0.15) is 4.83 Å². The third kappa shape index (κ3) is 5.42. The molecule has 0 aliphatic carbocycles. The van der Waals surface area contributed by atoms with Crippen molar-refractivity contribution < 1.29 is 23.4 Å². The highest BCUT2D eigenvalue weighted by Gasteiger charge is 2.19. The lowest BCUT2D eigenvalue weighted by molar-refractivity contribution is -0.161. The Labute approximate surface area is 76.8 Å². The molecule has 3 nitrogen and oxygen atoms in total.